The summed E-state index contributed by atoms with van der Waals surface area (Å²) in [6.07, 6.45) is 9.34. The predicted molar refractivity (Wildman–Crippen MR) is 124 cm³/mol. The van der Waals surface area contributed by atoms with Crippen molar-refractivity contribution in [2.45, 2.75) is 70.0 Å². The van der Waals surface area contributed by atoms with Gasteiger partial charge < -0.3 is 25.6 Å². The van der Waals surface area contributed by atoms with Gasteiger partial charge in [0.1, 0.15) is 11.9 Å². The van der Waals surface area contributed by atoms with E-state index in [9.17, 15) is 14.4 Å². The monoisotopic (exact) mass is 460 g/mol. The average Bonchev–Trinajstić information content (AvgIpc) is 3.42. The zero-order valence-corrected chi connectivity index (χ0v) is 19.3. The van der Waals surface area contributed by atoms with Gasteiger partial charge in [-0.25, -0.2) is 0 Å². The first-order valence-corrected chi connectivity index (χ1v) is 11.8. The van der Waals surface area contributed by atoms with Gasteiger partial charge in [0.25, 0.3) is 0 Å². The lowest BCUT2D eigenvalue weighted by Gasteiger charge is -2.31. The van der Waals surface area contributed by atoms with Crippen LogP contribution in [-0.4, -0.2) is 63.4 Å². The topological polar surface area (TPSA) is 154 Å². The third kappa shape index (κ3) is 6.56. The standard InChI is InChI=1S/C23H36N6O4/c1-28-14-16(11-19(28)21(24)25)12-27-22(32)18-8-5-9-29(18)23(33)17(26-13-20(30)31)10-15-6-3-2-4-7-15/h11,14-15,17-18,26H,2-10,12-13H2,1H3,(H3,24,25)(H,27,32)(H,30,31)/t17-,18+/m1/s1. The van der Waals surface area contributed by atoms with Crippen LogP contribution in [0.4, 0.5) is 0 Å². The van der Waals surface area contributed by atoms with E-state index in [2.05, 4.69) is 10.6 Å². The summed E-state index contributed by atoms with van der Waals surface area (Å²) in [5.74, 6) is -1.04. The SMILES string of the molecule is Cn1cc(CNC(=O)[C@@H]2CCCN2C(=O)[C@@H](CC2CCCCC2)NCC(=O)O)cc1C(=N)N. The van der Waals surface area contributed by atoms with Gasteiger partial charge in [0.15, 0.2) is 0 Å². The second kappa shape index (κ2) is 11.3. The lowest BCUT2D eigenvalue weighted by Crippen LogP contribution is -2.53. The largest absolute Gasteiger partial charge is 0.480 e. The number of amides is 2. The molecule has 1 aliphatic heterocycles. The number of carboxylic acid groups (broad SMARTS) is 1. The fourth-order valence-electron chi connectivity index (χ4n) is 5.05. The van der Waals surface area contributed by atoms with Crippen LogP contribution >= 0.6 is 0 Å². The molecule has 10 nitrogen and oxygen atoms in total. The number of rotatable bonds is 10. The quantitative estimate of drug-likeness (QED) is 0.259. The van der Waals surface area contributed by atoms with Crippen molar-refractivity contribution in [2.75, 3.05) is 13.1 Å². The Hall–Kier alpha value is -2.88. The molecule has 2 amide bonds. The number of aryl methyl sites for hydroxylation is 1. The minimum atomic E-state index is -1.00. The van der Waals surface area contributed by atoms with E-state index in [0.29, 0.717) is 31.0 Å². The maximum atomic E-state index is 13.4. The number of amidine groups is 1. The molecule has 3 rings (SSSR count). The van der Waals surface area contributed by atoms with Gasteiger partial charge in [-0.15, -0.1) is 0 Å². The summed E-state index contributed by atoms with van der Waals surface area (Å²) < 4.78 is 1.74. The zero-order chi connectivity index (χ0) is 24.0. The Kier molecular flexibility index (Phi) is 8.49. The minimum Gasteiger partial charge on any atom is -0.480 e. The molecule has 1 aliphatic carbocycles. The van der Waals surface area contributed by atoms with Crippen molar-refractivity contribution in [1.29, 1.82) is 5.41 Å². The number of likely N-dealkylation sites (tertiary alicyclic amines) is 1. The van der Waals surface area contributed by atoms with E-state index in [1.165, 1.54) is 6.42 Å². The molecule has 2 atom stereocenters. The lowest BCUT2D eigenvalue weighted by molar-refractivity contribution is -0.141. The van der Waals surface area contributed by atoms with Crippen molar-refractivity contribution in [3.8, 4) is 0 Å². The maximum absolute atomic E-state index is 13.4. The molecule has 0 radical (unpaired) electrons. The molecule has 2 fully saturated rings. The number of hydrogen-bond acceptors (Lipinski definition) is 5. The van der Waals surface area contributed by atoms with Crippen LogP contribution in [-0.2, 0) is 28.0 Å². The Labute approximate surface area is 194 Å². The fourth-order valence-corrected chi connectivity index (χ4v) is 5.05. The highest BCUT2D eigenvalue weighted by molar-refractivity contribution is 5.94. The van der Waals surface area contributed by atoms with E-state index >= 15 is 0 Å². The van der Waals surface area contributed by atoms with Gasteiger partial charge in [-0.05, 0) is 36.8 Å². The molecule has 0 aromatic carbocycles. The Morgan fingerprint density at radius 3 is 2.58 bits per heavy atom. The van der Waals surface area contributed by atoms with Gasteiger partial charge in [0.2, 0.25) is 11.8 Å². The second-order valence-electron chi connectivity index (χ2n) is 9.23. The van der Waals surface area contributed by atoms with Crippen LogP contribution in [0.3, 0.4) is 0 Å². The average molecular weight is 461 g/mol. The summed E-state index contributed by atoms with van der Waals surface area (Å²) in [6.45, 7) is 0.494. The molecule has 1 aromatic heterocycles. The van der Waals surface area contributed by atoms with E-state index in [0.717, 1.165) is 37.7 Å². The van der Waals surface area contributed by atoms with E-state index in [-0.39, 0.29) is 30.7 Å². The number of nitrogens with two attached hydrogens (primary N) is 1. The molecule has 0 bridgehead atoms. The number of nitrogens with zero attached hydrogens (tertiary/aromatic N) is 2. The summed E-state index contributed by atoms with van der Waals surface area (Å²) in [7, 11) is 1.79. The van der Waals surface area contributed by atoms with E-state index in [1.54, 1.807) is 22.6 Å². The van der Waals surface area contributed by atoms with Crippen LogP contribution in [0.5, 0.6) is 0 Å². The van der Waals surface area contributed by atoms with Crippen LogP contribution in [0, 0.1) is 11.3 Å². The number of carbonyl (C=O) groups is 3. The molecule has 33 heavy (non-hydrogen) atoms. The molecule has 0 unspecified atom stereocenters. The number of carboxylic acids is 1. The fraction of sp³-hybridized carbons (Fsp3) is 0.652. The highest BCUT2D eigenvalue weighted by atomic mass is 16.4. The summed E-state index contributed by atoms with van der Waals surface area (Å²) in [5.41, 5.74) is 6.96. The van der Waals surface area contributed by atoms with Gasteiger partial charge in [0, 0.05) is 26.3 Å². The predicted octanol–water partition coefficient (Wildman–Crippen LogP) is 0.930. The molecular weight excluding hydrogens is 424 g/mol. The van der Waals surface area contributed by atoms with Crippen LogP contribution in [0.15, 0.2) is 12.3 Å². The third-order valence-corrected chi connectivity index (χ3v) is 6.73. The summed E-state index contributed by atoms with van der Waals surface area (Å²) in [5, 5.41) is 22.5. The number of carbonyl (C=O) groups excluding carboxylic acids is 2. The van der Waals surface area contributed by atoms with Crippen molar-refractivity contribution in [3.05, 3.63) is 23.5 Å². The molecule has 10 heteroatoms. The lowest BCUT2D eigenvalue weighted by atomic mass is 9.84. The molecule has 1 aromatic rings. The Morgan fingerprint density at radius 2 is 1.94 bits per heavy atom. The number of hydrogen-bond donors (Lipinski definition) is 5. The van der Waals surface area contributed by atoms with Gasteiger partial charge in [-0.3, -0.25) is 25.1 Å². The third-order valence-electron chi connectivity index (χ3n) is 6.73. The molecule has 1 saturated heterocycles. The van der Waals surface area contributed by atoms with Crippen molar-refractivity contribution >= 4 is 23.6 Å². The van der Waals surface area contributed by atoms with Crippen molar-refractivity contribution < 1.29 is 19.5 Å². The van der Waals surface area contributed by atoms with E-state index in [1.807, 2.05) is 6.20 Å². The molecule has 2 heterocycles. The Balaban J connectivity index is 1.63. The smallest absolute Gasteiger partial charge is 0.317 e. The van der Waals surface area contributed by atoms with E-state index < -0.39 is 18.1 Å². The Morgan fingerprint density at radius 1 is 1.21 bits per heavy atom. The normalized spacial score (nSPS) is 19.9. The molecular formula is C23H36N6O4. The minimum absolute atomic E-state index is 0.0412. The zero-order valence-electron chi connectivity index (χ0n) is 19.3. The van der Waals surface area contributed by atoms with Crippen molar-refractivity contribution in [3.63, 3.8) is 0 Å². The van der Waals surface area contributed by atoms with Crippen LogP contribution in [0.25, 0.3) is 0 Å². The molecule has 1 saturated carbocycles. The first-order chi connectivity index (χ1) is 15.8. The highest BCUT2D eigenvalue weighted by Gasteiger charge is 2.38. The number of nitrogens with one attached hydrogen (secondary N) is 3. The maximum Gasteiger partial charge on any atom is 0.317 e. The first kappa shape index (κ1) is 24.8. The van der Waals surface area contributed by atoms with Gasteiger partial charge in [-0.1, -0.05) is 32.1 Å². The summed E-state index contributed by atoms with van der Waals surface area (Å²) in [4.78, 5) is 39.1. The van der Waals surface area contributed by atoms with Crippen LogP contribution in [0.1, 0.15) is 62.6 Å². The molecule has 0 spiro atoms. The summed E-state index contributed by atoms with van der Waals surface area (Å²) in [6, 6.07) is 0.606. The summed E-state index contributed by atoms with van der Waals surface area (Å²) >= 11 is 0. The van der Waals surface area contributed by atoms with Crippen molar-refractivity contribution in [1.82, 2.24) is 20.1 Å². The molecule has 2 aliphatic rings. The highest BCUT2D eigenvalue weighted by Crippen LogP contribution is 2.29. The number of nitrogen functional groups attached to an aromatic ring is 1. The van der Waals surface area contributed by atoms with Gasteiger partial charge >= 0.3 is 5.97 Å². The first-order valence-electron chi connectivity index (χ1n) is 11.8. The molecule has 6 N–H and O–H groups in total. The van der Waals surface area contributed by atoms with Gasteiger partial charge in [0.05, 0.1) is 18.3 Å². The molecule has 182 valence electrons. The Bertz CT molecular complexity index is 876. The van der Waals surface area contributed by atoms with Gasteiger partial charge in [-0.2, -0.15) is 0 Å². The van der Waals surface area contributed by atoms with Crippen LogP contribution < -0.4 is 16.4 Å². The van der Waals surface area contributed by atoms with Crippen LogP contribution in [0.2, 0.25) is 0 Å². The van der Waals surface area contributed by atoms with Crippen molar-refractivity contribution in [2.24, 2.45) is 18.7 Å². The number of aromatic nitrogens is 1. The number of aliphatic carboxylic acids is 1. The second-order valence-corrected chi connectivity index (χ2v) is 9.23. The van der Waals surface area contributed by atoms with E-state index in [4.69, 9.17) is 16.2 Å².